The van der Waals surface area contributed by atoms with Crippen LogP contribution in [0.4, 0.5) is 4.79 Å². The second kappa shape index (κ2) is 12.2. The Morgan fingerprint density at radius 3 is 2.67 bits per heavy atom. The molecule has 0 heterocycles. The number of hydrogen-bond acceptors (Lipinski definition) is 3. The van der Waals surface area contributed by atoms with Gasteiger partial charge in [0.15, 0.2) is 0 Å². The molecule has 6 nitrogen and oxygen atoms in total. The van der Waals surface area contributed by atoms with Crippen LogP contribution in [0.3, 0.4) is 0 Å². The number of methoxy groups -OCH3 is 1. The minimum atomic E-state index is -0.769. The summed E-state index contributed by atoms with van der Waals surface area (Å²) < 4.78 is 4.97. The van der Waals surface area contributed by atoms with Crippen LogP contribution in [0.1, 0.15) is 32.6 Å². The van der Waals surface area contributed by atoms with Crippen LogP contribution in [0.15, 0.2) is 12.7 Å². The van der Waals surface area contributed by atoms with Crippen LogP contribution >= 0.6 is 0 Å². The molecule has 0 aliphatic heterocycles. The van der Waals surface area contributed by atoms with Crippen LogP contribution in [0.25, 0.3) is 0 Å². The molecule has 0 bridgehead atoms. The highest BCUT2D eigenvalue weighted by Crippen LogP contribution is 2.14. The van der Waals surface area contributed by atoms with Crippen molar-refractivity contribution >= 4 is 12.0 Å². The first-order chi connectivity index (χ1) is 10.0. The zero-order valence-corrected chi connectivity index (χ0v) is 13.1. The van der Waals surface area contributed by atoms with Crippen LogP contribution in [0.5, 0.6) is 0 Å². The molecule has 122 valence electrons. The van der Waals surface area contributed by atoms with Gasteiger partial charge in [-0.05, 0) is 18.8 Å². The number of hydrogen-bond donors (Lipinski definition) is 2. The van der Waals surface area contributed by atoms with Crippen LogP contribution in [0.2, 0.25) is 0 Å². The zero-order valence-electron chi connectivity index (χ0n) is 13.1. The molecule has 6 heteroatoms. The first-order valence-corrected chi connectivity index (χ1v) is 7.39. The fourth-order valence-corrected chi connectivity index (χ4v) is 2.01. The van der Waals surface area contributed by atoms with Crippen molar-refractivity contribution in [3.05, 3.63) is 12.7 Å². The van der Waals surface area contributed by atoms with Crippen molar-refractivity contribution in [2.75, 3.05) is 33.4 Å². The number of carboxylic acid groups (broad SMARTS) is 1. The maximum Gasteiger partial charge on any atom is 0.317 e. The maximum absolute atomic E-state index is 12.0. The van der Waals surface area contributed by atoms with Gasteiger partial charge in [0.05, 0.1) is 6.61 Å². The quantitative estimate of drug-likeness (QED) is 0.541. The molecule has 1 atom stereocenters. The van der Waals surface area contributed by atoms with E-state index >= 15 is 0 Å². The largest absolute Gasteiger partial charge is 0.481 e. The van der Waals surface area contributed by atoms with E-state index in [2.05, 4.69) is 11.9 Å². The minimum absolute atomic E-state index is 0.139. The summed E-state index contributed by atoms with van der Waals surface area (Å²) in [6.45, 7) is 7.71. The van der Waals surface area contributed by atoms with Crippen molar-refractivity contribution in [3.8, 4) is 0 Å². The molecule has 2 amide bonds. The van der Waals surface area contributed by atoms with Gasteiger partial charge in [0.2, 0.25) is 0 Å². The average molecular weight is 300 g/mol. The van der Waals surface area contributed by atoms with Gasteiger partial charge in [0.25, 0.3) is 0 Å². The molecule has 0 radical (unpaired) electrons. The number of rotatable bonds is 12. The SMILES string of the molecule is C=CCN(CCOC)C(=O)NCCC(CC)CCC(=O)O. The molecule has 0 aromatic carbocycles. The molecule has 1 unspecified atom stereocenters. The summed E-state index contributed by atoms with van der Waals surface area (Å²) in [7, 11) is 1.60. The van der Waals surface area contributed by atoms with E-state index in [4.69, 9.17) is 9.84 Å². The lowest BCUT2D eigenvalue weighted by atomic mass is 9.97. The second-order valence-electron chi connectivity index (χ2n) is 4.95. The molecule has 21 heavy (non-hydrogen) atoms. The van der Waals surface area contributed by atoms with Gasteiger partial charge in [-0.1, -0.05) is 19.4 Å². The predicted octanol–water partition coefficient (Wildman–Crippen LogP) is 2.11. The van der Waals surface area contributed by atoms with Crippen molar-refractivity contribution < 1.29 is 19.4 Å². The molecular weight excluding hydrogens is 272 g/mol. The first kappa shape index (κ1) is 19.4. The van der Waals surface area contributed by atoms with Gasteiger partial charge >= 0.3 is 12.0 Å². The van der Waals surface area contributed by atoms with Crippen LogP contribution in [-0.2, 0) is 9.53 Å². The number of nitrogens with one attached hydrogen (secondary N) is 1. The Balaban J connectivity index is 4.06. The third kappa shape index (κ3) is 9.90. The Kier molecular flexibility index (Phi) is 11.3. The lowest BCUT2D eigenvalue weighted by molar-refractivity contribution is -0.137. The van der Waals surface area contributed by atoms with E-state index in [-0.39, 0.29) is 12.5 Å². The Morgan fingerprint density at radius 2 is 2.14 bits per heavy atom. The van der Waals surface area contributed by atoms with Gasteiger partial charge in [0, 0.05) is 33.2 Å². The smallest absolute Gasteiger partial charge is 0.317 e. The number of ether oxygens (including phenoxy) is 1. The number of aliphatic carboxylic acids is 1. The maximum atomic E-state index is 12.0. The van der Waals surface area contributed by atoms with E-state index in [1.54, 1.807) is 18.1 Å². The molecule has 0 aliphatic rings. The molecule has 0 rings (SSSR count). The van der Waals surface area contributed by atoms with Crippen molar-refractivity contribution in [1.82, 2.24) is 10.2 Å². The molecule has 0 fully saturated rings. The topological polar surface area (TPSA) is 78.9 Å². The first-order valence-electron chi connectivity index (χ1n) is 7.39. The Labute approximate surface area is 127 Å². The summed E-state index contributed by atoms with van der Waals surface area (Å²) in [5.41, 5.74) is 0. The van der Waals surface area contributed by atoms with Gasteiger partial charge in [-0.25, -0.2) is 4.79 Å². The second-order valence-corrected chi connectivity index (χ2v) is 4.95. The third-order valence-electron chi connectivity index (χ3n) is 3.37. The van der Waals surface area contributed by atoms with Crippen molar-refractivity contribution in [2.45, 2.75) is 32.6 Å². The highest BCUT2D eigenvalue weighted by molar-refractivity contribution is 5.74. The monoisotopic (exact) mass is 300 g/mol. The summed E-state index contributed by atoms with van der Waals surface area (Å²) in [4.78, 5) is 24.2. The number of carboxylic acids is 1. The highest BCUT2D eigenvalue weighted by Gasteiger charge is 2.13. The minimum Gasteiger partial charge on any atom is -0.481 e. The molecule has 0 saturated heterocycles. The summed E-state index contributed by atoms with van der Waals surface area (Å²) in [5, 5.41) is 11.6. The fourth-order valence-electron chi connectivity index (χ4n) is 2.01. The van der Waals surface area contributed by atoms with E-state index in [1.165, 1.54) is 0 Å². The summed E-state index contributed by atoms with van der Waals surface area (Å²) in [5.74, 6) is -0.442. The molecule has 0 aromatic heterocycles. The molecule has 0 aromatic rings. The summed E-state index contributed by atoms with van der Waals surface area (Å²) in [6.07, 6.45) is 4.23. The lowest BCUT2D eigenvalue weighted by Crippen LogP contribution is -2.42. The van der Waals surface area contributed by atoms with Gasteiger partial charge in [0.1, 0.15) is 0 Å². The molecular formula is C15H28N2O4. The zero-order chi connectivity index (χ0) is 16.1. The van der Waals surface area contributed by atoms with E-state index < -0.39 is 5.97 Å². The molecule has 2 N–H and O–H groups in total. The highest BCUT2D eigenvalue weighted by atomic mass is 16.5. The number of amides is 2. The van der Waals surface area contributed by atoms with E-state index in [0.717, 1.165) is 12.8 Å². The summed E-state index contributed by atoms with van der Waals surface area (Å²) >= 11 is 0. The van der Waals surface area contributed by atoms with Gasteiger partial charge in [-0.15, -0.1) is 6.58 Å². The Hall–Kier alpha value is -1.56. The fraction of sp³-hybridized carbons (Fsp3) is 0.733. The lowest BCUT2D eigenvalue weighted by Gasteiger charge is -2.22. The number of carbonyl (C=O) groups is 2. The summed E-state index contributed by atoms with van der Waals surface area (Å²) in [6, 6.07) is -0.139. The van der Waals surface area contributed by atoms with E-state index in [1.807, 2.05) is 6.92 Å². The number of nitrogens with zero attached hydrogens (tertiary/aromatic N) is 1. The normalized spacial score (nSPS) is 11.7. The van der Waals surface area contributed by atoms with Crippen LogP contribution < -0.4 is 5.32 Å². The van der Waals surface area contributed by atoms with Crippen LogP contribution in [-0.4, -0.2) is 55.4 Å². The molecule has 0 aliphatic carbocycles. The molecule has 0 spiro atoms. The van der Waals surface area contributed by atoms with Gasteiger partial charge < -0.3 is 20.1 Å². The Morgan fingerprint density at radius 1 is 1.43 bits per heavy atom. The third-order valence-corrected chi connectivity index (χ3v) is 3.37. The van der Waals surface area contributed by atoms with Crippen LogP contribution in [0, 0.1) is 5.92 Å². The average Bonchev–Trinajstić information content (AvgIpc) is 2.46. The molecule has 0 saturated carbocycles. The van der Waals surface area contributed by atoms with E-state index in [0.29, 0.717) is 38.6 Å². The predicted molar refractivity (Wildman–Crippen MR) is 82.3 cm³/mol. The van der Waals surface area contributed by atoms with Crippen molar-refractivity contribution in [1.29, 1.82) is 0 Å². The van der Waals surface area contributed by atoms with E-state index in [9.17, 15) is 9.59 Å². The van der Waals surface area contributed by atoms with Crippen molar-refractivity contribution in [3.63, 3.8) is 0 Å². The number of urea groups is 1. The Bertz CT molecular complexity index is 321. The van der Waals surface area contributed by atoms with Crippen molar-refractivity contribution in [2.24, 2.45) is 5.92 Å². The standard InChI is InChI=1S/C15H28N2O4/c1-4-10-17(11-12-21-3)15(20)16-9-8-13(5-2)6-7-14(18)19/h4,13H,1,5-12H2,2-3H3,(H,16,20)(H,18,19). The van der Waals surface area contributed by atoms with Gasteiger partial charge in [-0.2, -0.15) is 0 Å². The van der Waals surface area contributed by atoms with Gasteiger partial charge in [-0.3, -0.25) is 4.79 Å². The number of carbonyl (C=O) groups excluding carboxylic acids is 1.